The summed E-state index contributed by atoms with van der Waals surface area (Å²) >= 11 is 0. The standard InChI is InChI=1S/C17H26O/c1-17-8-2-3-16(17)15-5-4-12-11-18-10-7-13(12)14(15)6-9-17/h11,13-16H,2-10H2,1H3/t13-,14+,15+,16-,17-/m0/s1. The third kappa shape index (κ3) is 1.52. The number of fused-ring (bicyclic) bond motifs is 5. The van der Waals surface area contributed by atoms with Gasteiger partial charge >= 0.3 is 0 Å². The Bertz CT molecular complexity index is 372. The lowest BCUT2D eigenvalue weighted by molar-refractivity contribution is -0.00987. The maximum absolute atomic E-state index is 5.56. The van der Waals surface area contributed by atoms with Gasteiger partial charge in [-0.15, -0.1) is 0 Å². The minimum atomic E-state index is 0.716. The largest absolute Gasteiger partial charge is 0.501 e. The lowest BCUT2D eigenvalue weighted by Gasteiger charge is -2.52. The molecule has 0 bridgehead atoms. The maximum atomic E-state index is 5.56. The molecule has 18 heavy (non-hydrogen) atoms. The van der Waals surface area contributed by atoms with Crippen LogP contribution in [0.1, 0.15) is 58.3 Å². The number of ether oxygens (including phenoxy) is 1. The average Bonchev–Trinajstić information content (AvgIpc) is 2.80. The van der Waals surface area contributed by atoms with Crippen LogP contribution >= 0.6 is 0 Å². The fourth-order valence-corrected chi connectivity index (χ4v) is 5.93. The van der Waals surface area contributed by atoms with Crippen LogP contribution in [0.15, 0.2) is 11.8 Å². The first-order valence-electron chi connectivity index (χ1n) is 8.08. The van der Waals surface area contributed by atoms with Gasteiger partial charge in [0.2, 0.25) is 0 Å². The van der Waals surface area contributed by atoms with Crippen LogP contribution in [0.4, 0.5) is 0 Å². The van der Waals surface area contributed by atoms with Crippen molar-refractivity contribution in [1.29, 1.82) is 0 Å². The van der Waals surface area contributed by atoms with Crippen LogP contribution < -0.4 is 0 Å². The summed E-state index contributed by atoms with van der Waals surface area (Å²) in [5.41, 5.74) is 2.37. The summed E-state index contributed by atoms with van der Waals surface area (Å²) in [6.07, 6.45) is 13.7. The zero-order valence-electron chi connectivity index (χ0n) is 11.7. The molecule has 1 aliphatic heterocycles. The van der Waals surface area contributed by atoms with Crippen molar-refractivity contribution in [3.8, 4) is 0 Å². The third-order valence-corrected chi connectivity index (χ3v) is 6.81. The summed E-state index contributed by atoms with van der Waals surface area (Å²) in [6.45, 7) is 3.57. The van der Waals surface area contributed by atoms with E-state index < -0.39 is 0 Å². The number of hydrogen-bond acceptors (Lipinski definition) is 1. The highest BCUT2D eigenvalue weighted by atomic mass is 16.5. The second kappa shape index (κ2) is 4.02. The molecule has 3 fully saturated rings. The Kier molecular flexibility index (Phi) is 2.54. The highest BCUT2D eigenvalue weighted by Crippen LogP contribution is 2.61. The predicted molar refractivity (Wildman–Crippen MR) is 73.0 cm³/mol. The Balaban J connectivity index is 1.63. The molecule has 5 atom stereocenters. The molecule has 1 heteroatoms. The number of hydrogen-bond donors (Lipinski definition) is 0. The molecule has 100 valence electrons. The van der Waals surface area contributed by atoms with Crippen LogP contribution in [-0.2, 0) is 4.74 Å². The molecule has 0 saturated heterocycles. The van der Waals surface area contributed by atoms with Gasteiger partial charge < -0.3 is 4.74 Å². The van der Waals surface area contributed by atoms with E-state index in [1.54, 1.807) is 5.57 Å². The second-order valence-corrected chi connectivity index (χ2v) is 7.52. The van der Waals surface area contributed by atoms with Crippen molar-refractivity contribution in [2.75, 3.05) is 6.61 Å². The Hall–Kier alpha value is -0.460. The van der Waals surface area contributed by atoms with Gasteiger partial charge in [-0.25, -0.2) is 0 Å². The molecule has 0 spiro atoms. The zero-order valence-corrected chi connectivity index (χ0v) is 11.7. The van der Waals surface area contributed by atoms with Crippen molar-refractivity contribution < 1.29 is 4.74 Å². The van der Waals surface area contributed by atoms with Crippen molar-refractivity contribution in [2.45, 2.75) is 58.3 Å². The Morgan fingerprint density at radius 2 is 2.06 bits per heavy atom. The summed E-state index contributed by atoms with van der Waals surface area (Å²) in [7, 11) is 0. The minimum absolute atomic E-state index is 0.716. The highest BCUT2D eigenvalue weighted by molar-refractivity contribution is 5.15. The molecule has 0 aromatic heterocycles. The first kappa shape index (κ1) is 11.4. The molecule has 0 aromatic rings. The first-order chi connectivity index (χ1) is 8.78. The molecular formula is C17H26O. The number of allylic oxidation sites excluding steroid dienone is 1. The molecule has 3 saturated carbocycles. The van der Waals surface area contributed by atoms with Crippen LogP contribution in [0.5, 0.6) is 0 Å². The quantitative estimate of drug-likeness (QED) is 0.610. The van der Waals surface area contributed by atoms with Crippen LogP contribution in [0, 0.1) is 29.1 Å². The Labute approximate surface area is 111 Å². The topological polar surface area (TPSA) is 9.23 Å². The number of rotatable bonds is 0. The Morgan fingerprint density at radius 1 is 1.11 bits per heavy atom. The van der Waals surface area contributed by atoms with Crippen LogP contribution in [0.25, 0.3) is 0 Å². The first-order valence-corrected chi connectivity index (χ1v) is 8.08. The van der Waals surface area contributed by atoms with Gasteiger partial charge in [0.15, 0.2) is 0 Å². The van der Waals surface area contributed by atoms with E-state index in [-0.39, 0.29) is 0 Å². The van der Waals surface area contributed by atoms with Gasteiger partial charge in [0.05, 0.1) is 12.9 Å². The summed E-state index contributed by atoms with van der Waals surface area (Å²) in [6, 6.07) is 0. The van der Waals surface area contributed by atoms with E-state index in [0.29, 0.717) is 5.41 Å². The van der Waals surface area contributed by atoms with Gasteiger partial charge in [-0.1, -0.05) is 13.3 Å². The van der Waals surface area contributed by atoms with Gasteiger partial charge in [-0.05, 0) is 79.6 Å². The van der Waals surface area contributed by atoms with Crippen LogP contribution in [0.3, 0.4) is 0 Å². The normalized spacial score (nSPS) is 50.6. The zero-order chi connectivity index (χ0) is 12.2. The fraction of sp³-hybridized carbons (Fsp3) is 0.882. The molecule has 1 nitrogen and oxygen atoms in total. The van der Waals surface area contributed by atoms with Crippen molar-refractivity contribution in [2.24, 2.45) is 29.1 Å². The van der Waals surface area contributed by atoms with E-state index in [2.05, 4.69) is 13.2 Å². The Morgan fingerprint density at radius 3 is 3.00 bits per heavy atom. The van der Waals surface area contributed by atoms with Crippen LogP contribution in [0.2, 0.25) is 0 Å². The monoisotopic (exact) mass is 246 g/mol. The third-order valence-electron chi connectivity index (χ3n) is 6.81. The molecule has 4 rings (SSSR count). The van der Waals surface area contributed by atoms with Crippen LogP contribution in [-0.4, -0.2) is 6.61 Å². The van der Waals surface area contributed by atoms with Gasteiger partial charge in [-0.3, -0.25) is 0 Å². The van der Waals surface area contributed by atoms with E-state index >= 15 is 0 Å². The van der Waals surface area contributed by atoms with Gasteiger partial charge in [-0.2, -0.15) is 0 Å². The molecule has 0 amide bonds. The smallest absolute Gasteiger partial charge is 0.0879 e. The molecule has 1 heterocycles. The molecule has 4 aliphatic rings. The molecule has 3 aliphatic carbocycles. The molecule has 0 aromatic carbocycles. The average molecular weight is 246 g/mol. The lowest BCUT2D eigenvalue weighted by Crippen LogP contribution is -2.44. The van der Waals surface area contributed by atoms with E-state index in [4.69, 9.17) is 4.74 Å². The summed E-state index contributed by atoms with van der Waals surface area (Å²) in [5.74, 6) is 4.00. The minimum Gasteiger partial charge on any atom is -0.501 e. The second-order valence-electron chi connectivity index (χ2n) is 7.52. The van der Waals surface area contributed by atoms with E-state index in [1.165, 1.54) is 51.4 Å². The van der Waals surface area contributed by atoms with Crippen molar-refractivity contribution in [3.63, 3.8) is 0 Å². The van der Waals surface area contributed by atoms with Crippen molar-refractivity contribution >= 4 is 0 Å². The summed E-state index contributed by atoms with van der Waals surface area (Å²) < 4.78 is 5.56. The van der Waals surface area contributed by atoms with Gasteiger partial charge in [0.1, 0.15) is 0 Å². The van der Waals surface area contributed by atoms with Crippen molar-refractivity contribution in [1.82, 2.24) is 0 Å². The fourth-order valence-electron chi connectivity index (χ4n) is 5.93. The molecule has 0 radical (unpaired) electrons. The van der Waals surface area contributed by atoms with Crippen molar-refractivity contribution in [3.05, 3.63) is 11.8 Å². The molecule has 0 unspecified atom stereocenters. The van der Waals surface area contributed by atoms with E-state index in [1.807, 2.05) is 0 Å². The lowest BCUT2D eigenvalue weighted by atomic mass is 9.53. The summed E-state index contributed by atoms with van der Waals surface area (Å²) in [4.78, 5) is 0. The van der Waals surface area contributed by atoms with Gasteiger partial charge in [0.25, 0.3) is 0 Å². The molecule has 0 N–H and O–H groups in total. The maximum Gasteiger partial charge on any atom is 0.0879 e. The summed E-state index contributed by atoms with van der Waals surface area (Å²) in [5, 5.41) is 0. The SMILES string of the molecule is C[C@@]12CCC[C@H]1[C@@H]1CCC3=COCC[C@@H]3[C@H]1CC2. The highest BCUT2D eigenvalue weighted by Gasteiger charge is 2.52. The van der Waals surface area contributed by atoms with E-state index in [9.17, 15) is 0 Å². The predicted octanol–water partition coefficient (Wildman–Crippen LogP) is 4.53. The molecular weight excluding hydrogens is 220 g/mol. The van der Waals surface area contributed by atoms with Gasteiger partial charge in [0, 0.05) is 0 Å². The van der Waals surface area contributed by atoms with E-state index in [0.717, 1.165) is 30.3 Å².